The summed E-state index contributed by atoms with van der Waals surface area (Å²) in [6.45, 7) is 2.82. The van der Waals surface area contributed by atoms with Crippen molar-refractivity contribution < 1.29 is 5.11 Å². The summed E-state index contributed by atoms with van der Waals surface area (Å²) >= 11 is 0. The highest BCUT2D eigenvalue weighted by molar-refractivity contribution is 5.51. The number of phenols is 1. The van der Waals surface area contributed by atoms with Crippen LogP contribution in [0.1, 0.15) is 6.42 Å². The molecule has 1 aromatic carbocycles. The molecule has 3 N–H and O–H groups in total. The maximum absolute atomic E-state index is 9.35. The smallest absolute Gasteiger partial charge is 0.117 e. The molecule has 0 spiro atoms. The average Bonchev–Trinajstić information content (AvgIpc) is 2.66. The maximum atomic E-state index is 9.35. The van der Waals surface area contributed by atoms with Crippen LogP contribution >= 0.6 is 0 Å². The Bertz CT molecular complexity index is 314. The first-order chi connectivity index (χ1) is 6.79. The standard InChI is InChI=1S/C11H16N2O/c12-7-9-4-5-13(8-9)10-2-1-3-11(14)6-10/h1-3,6,9,14H,4-5,7-8,12H2. The Kier molecular flexibility index (Phi) is 2.59. The molecule has 0 saturated carbocycles. The summed E-state index contributed by atoms with van der Waals surface area (Å²) in [4.78, 5) is 2.28. The van der Waals surface area contributed by atoms with Crippen LogP contribution in [-0.2, 0) is 0 Å². The van der Waals surface area contributed by atoms with Crippen molar-refractivity contribution >= 4 is 5.69 Å². The lowest BCUT2D eigenvalue weighted by Crippen LogP contribution is -2.22. The number of phenolic OH excluding ortho intramolecular Hbond substituents is 1. The third-order valence-corrected chi connectivity index (χ3v) is 2.81. The third-order valence-electron chi connectivity index (χ3n) is 2.81. The fraction of sp³-hybridized carbons (Fsp3) is 0.455. The van der Waals surface area contributed by atoms with Gasteiger partial charge in [0.05, 0.1) is 0 Å². The third kappa shape index (κ3) is 1.82. The lowest BCUT2D eigenvalue weighted by molar-refractivity contribution is 0.475. The van der Waals surface area contributed by atoms with E-state index in [0.29, 0.717) is 11.7 Å². The Morgan fingerprint density at radius 1 is 1.50 bits per heavy atom. The monoisotopic (exact) mass is 192 g/mol. The zero-order valence-corrected chi connectivity index (χ0v) is 8.19. The second-order valence-corrected chi connectivity index (χ2v) is 3.86. The Balaban J connectivity index is 2.09. The summed E-state index contributed by atoms with van der Waals surface area (Å²) in [5.41, 5.74) is 6.73. The van der Waals surface area contributed by atoms with Crippen molar-refractivity contribution in [3.05, 3.63) is 24.3 Å². The molecular weight excluding hydrogens is 176 g/mol. The van der Waals surface area contributed by atoms with E-state index in [-0.39, 0.29) is 0 Å². The van der Waals surface area contributed by atoms with Gasteiger partial charge < -0.3 is 15.7 Å². The zero-order chi connectivity index (χ0) is 9.97. The molecule has 1 fully saturated rings. The van der Waals surface area contributed by atoms with Crippen molar-refractivity contribution in [1.29, 1.82) is 0 Å². The second kappa shape index (κ2) is 3.88. The number of benzene rings is 1. The molecule has 14 heavy (non-hydrogen) atoms. The van der Waals surface area contributed by atoms with Crippen molar-refractivity contribution in [2.75, 3.05) is 24.5 Å². The number of anilines is 1. The molecule has 0 radical (unpaired) electrons. The van der Waals surface area contributed by atoms with Gasteiger partial charge in [0.2, 0.25) is 0 Å². The lowest BCUT2D eigenvalue weighted by atomic mass is 10.1. The van der Waals surface area contributed by atoms with E-state index in [0.717, 1.165) is 31.7 Å². The molecule has 1 unspecified atom stereocenters. The van der Waals surface area contributed by atoms with Crippen LogP contribution in [0.25, 0.3) is 0 Å². The highest BCUT2D eigenvalue weighted by Crippen LogP contribution is 2.25. The molecule has 0 bridgehead atoms. The van der Waals surface area contributed by atoms with Gasteiger partial charge in [0, 0.05) is 24.8 Å². The predicted molar refractivity (Wildman–Crippen MR) is 57.5 cm³/mol. The summed E-state index contributed by atoms with van der Waals surface area (Å²) < 4.78 is 0. The number of nitrogens with two attached hydrogens (primary N) is 1. The highest BCUT2D eigenvalue weighted by Gasteiger charge is 2.21. The Morgan fingerprint density at radius 3 is 3.00 bits per heavy atom. The van der Waals surface area contributed by atoms with E-state index in [4.69, 9.17) is 5.73 Å². The van der Waals surface area contributed by atoms with Crippen LogP contribution < -0.4 is 10.6 Å². The minimum Gasteiger partial charge on any atom is -0.508 e. The van der Waals surface area contributed by atoms with Crippen molar-refractivity contribution in [1.82, 2.24) is 0 Å². The molecule has 1 aromatic rings. The van der Waals surface area contributed by atoms with Gasteiger partial charge in [-0.1, -0.05) is 6.07 Å². The minimum atomic E-state index is 0.332. The van der Waals surface area contributed by atoms with Gasteiger partial charge in [0.25, 0.3) is 0 Å². The van der Waals surface area contributed by atoms with Gasteiger partial charge in [-0.05, 0) is 31.0 Å². The van der Waals surface area contributed by atoms with Crippen LogP contribution in [0.15, 0.2) is 24.3 Å². The first-order valence-electron chi connectivity index (χ1n) is 5.03. The van der Waals surface area contributed by atoms with Crippen LogP contribution in [0.4, 0.5) is 5.69 Å². The molecular formula is C11H16N2O. The molecule has 76 valence electrons. The van der Waals surface area contributed by atoms with Crippen molar-refractivity contribution in [3.63, 3.8) is 0 Å². The molecule has 1 aliphatic rings. The van der Waals surface area contributed by atoms with E-state index in [1.54, 1.807) is 12.1 Å². The fourth-order valence-corrected chi connectivity index (χ4v) is 1.95. The van der Waals surface area contributed by atoms with Gasteiger partial charge >= 0.3 is 0 Å². The first-order valence-corrected chi connectivity index (χ1v) is 5.03. The Morgan fingerprint density at radius 2 is 2.36 bits per heavy atom. The zero-order valence-electron chi connectivity index (χ0n) is 8.19. The van der Waals surface area contributed by atoms with Crippen molar-refractivity contribution in [3.8, 4) is 5.75 Å². The van der Waals surface area contributed by atoms with E-state index in [2.05, 4.69) is 4.90 Å². The van der Waals surface area contributed by atoms with Gasteiger partial charge in [-0.15, -0.1) is 0 Å². The summed E-state index contributed by atoms with van der Waals surface area (Å²) in [5.74, 6) is 0.941. The van der Waals surface area contributed by atoms with Crippen molar-refractivity contribution in [2.24, 2.45) is 11.7 Å². The SMILES string of the molecule is NCC1CCN(c2cccc(O)c2)C1. The van der Waals surface area contributed by atoms with Gasteiger partial charge in [0.1, 0.15) is 5.75 Å². The topological polar surface area (TPSA) is 49.5 Å². The van der Waals surface area contributed by atoms with E-state index in [1.165, 1.54) is 0 Å². The number of hydrogen-bond acceptors (Lipinski definition) is 3. The quantitative estimate of drug-likeness (QED) is 0.739. The summed E-state index contributed by atoms with van der Waals surface area (Å²) in [6, 6.07) is 7.40. The molecule has 0 amide bonds. The number of rotatable bonds is 2. The average molecular weight is 192 g/mol. The molecule has 1 heterocycles. The second-order valence-electron chi connectivity index (χ2n) is 3.86. The van der Waals surface area contributed by atoms with E-state index in [1.807, 2.05) is 12.1 Å². The van der Waals surface area contributed by atoms with Crippen LogP contribution in [0.5, 0.6) is 5.75 Å². The molecule has 2 rings (SSSR count). The largest absolute Gasteiger partial charge is 0.508 e. The molecule has 0 aliphatic carbocycles. The van der Waals surface area contributed by atoms with E-state index in [9.17, 15) is 5.11 Å². The first kappa shape index (κ1) is 9.34. The summed E-state index contributed by atoms with van der Waals surface area (Å²) in [7, 11) is 0. The summed E-state index contributed by atoms with van der Waals surface area (Å²) in [5, 5.41) is 9.35. The summed E-state index contributed by atoms with van der Waals surface area (Å²) in [6.07, 6.45) is 1.16. The van der Waals surface area contributed by atoms with Gasteiger partial charge in [0.15, 0.2) is 0 Å². The van der Waals surface area contributed by atoms with E-state index >= 15 is 0 Å². The number of nitrogens with zero attached hydrogens (tertiary/aromatic N) is 1. The fourth-order valence-electron chi connectivity index (χ4n) is 1.95. The Labute approximate surface area is 84.1 Å². The predicted octanol–water partition coefficient (Wildman–Crippen LogP) is 1.18. The Hall–Kier alpha value is -1.22. The van der Waals surface area contributed by atoms with E-state index < -0.39 is 0 Å². The van der Waals surface area contributed by atoms with Crippen LogP contribution in [0, 0.1) is 5.92 Å². The molecule has 1 aliphatic heterocycles. The lowest BCUT2D eigenvalue weighted by Gasteiger charge is -2.18. The molecule has 1 saturated heterocycles. The number of hydrogen-bond donors (Lipinski definition) is 2. The van der Waals surface area contributed by atoms with Crippen LogP contribution in [0.2, 0.25) is 0 Å². The van der Waals surface area contributed by atoms with Crippen molar-refractivity contribution in [2.45, 2.75) is 6.42 Å². The normalized spacial score (nSPS) is 21.5. The van der Waals surface area contributed by atoms with Gasteiger partial charge in [-0.2, -0.15) is 0 Å². The minimum absolute atomic E-state index is 0.332. The maximum Gasteiger partial charge on any atom is 0.117 e. The van der Waals surface area contributed by atoms with Crippen LogP contribution in [0.3, 0.4) is 0 Å². The highest BCUT2D eigenvalue weighted by atomic mass is 16.3. The van der Waals surface area contributed by atoms with Gasteiger partial charge in [-0.25, -0.2) is 0 Å². The number of aromatic hydroxyl groups is 1. The molecule has 3 heteroatoms. The molecule has 1 atom stereocenters. The molecule has 3 nitrogen and oxygen atoms in total. The van der Waals surface area contributed by atoms with Gasteiger partial charge in [-0.3, -0.25) is 0 Å². The molecule has 0 aromatic heterocycles. The van der Waals surface area contributed by atoms with Crippen LogP contribution in [-0.4, -0.2) is 24.7 Å².